The minimum atomic E-state index is -0.0346. The average molecular weight is 416 g/mol. The maximum atomic E-state index is 9.39. The molecular formula is C17H33N3OSY-2. The minimum absolute atomic E-state index is 0. The number of rotatable bonds is 3. The van der Waals surface area contributed by atoms with Crippen molar-refractivity contribution in [1.29, 1.82) is 0 Å². The Hall–Kier alpha value is 1.29. The third-order valence-corrected chi connectivity index (χ3v) is 5.57. The van der Waals surface area contributed by atoms with Gasteiger partial charge in [-0.25, -0.2) is 0 Å². The smallest absolute Gasteiger partial charge is 0.0564 e. The quantitative estimate of drug-likeness (QED) is 0.695. The van der Waals surface area contributed by atoms with E-state index in [2.05, 4.69) is 14.9 Å². The van der Waals surface area contributed by atoms with Crippen LogP contribution in [0.25, 0.3) is 5.32 Å². The van der Waals surface area contributed by atoms with Gasteiger partial charge in [0.15, 0.2) is 0 Å². The summed E-state index contributed by atoms with van der Waals surface area (Å²) in [7, 11) is 0. The molecule has 133 valence electrons. The van der Waals surface area contributed by atoms with E-state index in [1.54, 1.807) is 0 Å². The summed E-state index contributed by atoms with van der Waals surface area (Å²) in [6, 6.07) is 0.652. The molecule has 0 unspecified atom stereocenters. The van der Waals surface area contributed by atoms with Crippen molar-refractivity contribution in [2.24, 2.45) is 5.92 Å². The summed E-state index contributed by atoms with van der Waals surface area (Å²) in [6.45, 7) is 5.56. The zero-order valence-electron chi connectivity index (χ0n) is 14.5. The standard InChI is InChI=1S/C11H21N2O.C6H12NS.Y/c14-11-3-7-13(8-4-11)9-10-1-5-12-6-2-10;8-7-6-4-2-1-3-5-6;/h10-11,14H,1-9H2;6-7H,1-5H2;/q2*-1;. The van der Waals surface area contributed by atoms with Crippen LogP contribution in [0, 0.1) is 5.92 Å². The van der Waals surface area contributed by atoms with Crippen LogP contribution in [0.1, 0.15) is 57.8 Å². The fraction of sp³-hybridized carbons (Fsp3) is 1.00. The number of aliphatic hydroxyl groups excluding tert-OH is 1. The van der Waals surface area contributed by atoms with E-state index in [1.807, 2.05) is 0 Å². The maximum absolute atomic E-state index is 9.39. The van der Waals surface area contributed by atoms with Gasteiger partial charge in [-0.2, -0.15) is 0 Å². The molecule has 0 aromatic rings. The first-order chi connectivity index (χ1) is 10.8. The van der Waals surface area contributed by atoms with E-state index in [4.69, 9.17) is 12.8 Å². The van der Waals surface area contributed by atoms with E-state index >= 15 is 0 Å². The van der Waals surface area contributed by atoms with Crippen LogP contribution in [0.3, 0.4) is 0 Å². The Bertz CT molecular complexity index is 279. The molecule has 2 heterocycles. The third kappa shape index (κ3) is 9.53. The van der Waals surface area contributed by atoms with Gasteiger partial charge >= 0.3 is 0 Å². The van der Waals surface area contributed by atoms with Crippen LogP contribution in [0.5, 0.6) is 0 Å². The second kappa shape index (κ2) is 13.5. The van der Waals surface area contributed by atoms with Crippen LogP contribution in [-0.2, 0) is 45.5 Å². The van der Waals surface area contributed by atoms with E-state index < -0.39 is 0 Å². The van der Waals surface area contributed by atoms with Crippen molar-refractivity contribution in [2.45, 2.75) is 69.9 Å². The van der Waals surface area contributed by atoms with Gasteiger partial charge in [0.25, 0.3) is 0 Å². The summed E-state index contributed by atoms with van der Waals surface area (Å²) in [5, 5.41) is 13.8. The number of aliphatic hydroxyl groups is 1. The Labute approximate surface area is 173 Å². The molecule has 4 nitrogen and oxygen atoms in total. The first kappa shape index (κ1) is 22.3. The Morgan fingerprint density at radius 1 is 0.957 bits per heavy atom. The molecule has 3 rings (SSSR count). The van der Waals surface area contributed by atoms with Crippen LogP contribution in [0.2, 0.25) is 0 Å². The molecular weight excluding hydrogens is 383 g/mol. The number of piperidine rings is 2. The Balaban J connectivity index is 0.000000253. The molecule has 3 aliphatic rings. The summed E-state index contributed by atoms with van der Waals surface area (Å²) in [6.07, 6.45) is 11.2. The molecule has 0 aromatic carbocycles. The molecule has 3 fully saturated rings. The van der Waals surface area contributed by atoms with Crippen molar-refractivity contribution in [3.8, 4) is 0 Å². The van der Waals surface area contributed by atoms with Crippen LogP contribution < -0.4 is 4.72 Å². The molecule has 23 heavy (non-hydrogen) atoms. The second-order valence-electron chi connectivity index (χ2n) is 7.10. The molecule has 2 aliphatic heterocycles. The van der Waals surface area contributed by atoms with E-state index in [1.165, 1.54) is 51.5 Å². The van der Waals surface area contributed by atoms with Gasteiger partial charge in [-0.1, -0.05) is 32.1 Å². The average Bonchev–Trinajstić information content (AvgIpc) is 2.59. The molecule has 1 saturated carbocycles. The SMILES string of the molecule is OC1CCN(CC2CC[N-]CC2)CC1.[S-]NC1CCCCC1.[Y]. The largest absolute Gasteiger partial charge is 0.705 e. The summed E-state index contributed by atoms with van der Waals surface area (Å²) >= 11 is 4.72. The van der Waals surface area contributed by atoms with E-state index in [0.717, 1.165) is 44.9 Å². The number of nitrogens with one attached hydrogen (secondary N) is 1. The molecule has 2 saturated heterocycles. The normalized spacial score (nSPS) is 25.3. The van der Waals surface area contributed by atoms with Gasteiger partial charge in [0, 0.05) is 52.3 Å². The Morgan fingerprint density at radius 2 is 1.57 bits per heavy atom. The fourth-order valence-electron chi connectivity index (χ4n) is 3.67. The minimum Gasteiger partial charge on any atom is -0.705 e. The maximum Gasteiger partial charge on any atom is 0.0564 e. The van der Waals surface area contributed by atoms with Gasteiger partial charge in [0.1, 0.15) is 0 Å². The molecule has 0 atom stereocenters. The predicted molar refractivity (Wildman–Crippen MR) is 94.9 cm³/mol. The second-order valence-corrected chi connectivity index (χ2v) is 7.33. The van der Waals surface area contributed by atoms with E-state index in [9.17, 15) is 5.11 Å². The molecule has 1 aliphatic carbocycles. The van der Waals surface area contributed by atoms with Crippen LogP contribution >= 0.6 is 0 Å². The van der Waals surface area contributed by atoms with Crippen molar-refractivity contribution < 1.29 is 37.8 Å². The van der Waals surface area contributed by atoms with Gasteiger partial charge < -0.3 is 32.9 Å². The zero-order valence-corrected chi connectivity index (χ0v) is 18.1. The van der Waals surface area contributed by atoms with Crippen LogP contribution in [0.15, 0.2) is 0 Å². The van der Waals surface area contributed by atoms with Gasteiger partial charge in [0.05, 0.1) is 6.10 Å². The summed E-state index contributed by atoms with van der Waals surface area (Å²) in [4.78, 5) is 2.52. The van der Waals surface area contributed by atoms with Crippen molar-refractivity contribution in [1.82, 2.24) is 9.62 Å². The summed E-state index contributed by atoms with van der Waals surface area (Å²) in [5.74, 6) is 0.864. The number of likely N-dealkylation sites (tertiary alicyclic amines) is 1. The number of nitrogens with zero attached hydrogens (tertiary/aromatic N) is 2. The Morgan fingerprint density at radius 3 is 2.09 bits per heavy atom. The predicted octanol–water partition coefficient (Wildman–Crippen LogP) is 2.59. The molecule has 6 heteroatoms. The number of hydrogen-bond donors (Lipinski definition) is 2. The van der Waals surface area contributed by atoms with Gasteiger partial charge in [-0.15, -0.1) is 13.1 Å². The first-order valence-electron chi connectivity index (χ1n) is 9.19. The molecule has 1 radical (unpaired) electrons. The van der Waals surface area contributed by atoms with Crippen LogP contribution in [-0.4, -0.2) is 54.9 Å². The Kier molecular flexibility index (Phi) is 13.1. The fourth-order valence-corrected chi connectivity index (χ4v) is 3.91. The zero-order chi connectivity index (χ0) is 15.6. The molecule has 0 bridgehead atoms. The third-order valence-electron chi connectivity index (χ3n) is 5.24. The molecule has 0 spiro atoms. The monoisotopic (exact) mass is 416 g/mol. The molecule has 0 amide bonds. The van der Waals surface area contributed by atoms with Crippen molar-refractivity contribution >= 4 is 12.8 Å². The van der Waals surface area contributed by atoms with Gasteiger partial charge in [0.2, 0.25) is 0 Å². The summed E-state index contributed by atoms with van der Waals surface area (Å²) in [5.41, 5.74) is 0. The van der Waals surface area contributed by atoms with Crippen molar-refractivity contribution in [3.63, 3.8) is 0 Å². The van der Waals surface area contributed by atoms with Gasteiger partial charge in [-0.3, -0.25) is 0 Å². The van der Waals surface area contributed by atoms with Gasteiger partial charge in [-0.05, 0) is 37.6 Å². The van der Waals surface area contributed by atoms with E-state index in [0.29, 0.717) is 6.04 Å². The molecule has 2 N–H and O–H groups in total. The van der Waals surface area contributed by atoms with Crippen molar-refractivity contribution in [3.05, 3.63) is 5.32 Å². The van der Waals surface area contributed by atoms with E-state index in [-0.39, 0.29) is 38.8 Å². The van der Waals surface area contributed by atoms with Crippen LogP contribution in [0.4, 0.5) is 0 Å². The molecule has 0 aromatic heterocycles. The number of hydrogen-bond acceptors (Lipinski definition) is 4. The topological polar surface area (TPSA) is 49.6 Å². The first-order valence-corrected chi connectivity index (χ1v) is 9.60. The van der Waals surface area contributed by atoms with Crippen molar-refractivity contribution in [2.75, 3.05) is 32.7 Å². The summed E-state index contributed by atoms with van der Waals surface area (Å²) < 4.78 is 2.89.